The Morgan fingerprint density at radius 2 is 1.91 bits per heavy atom. The first-order chi connectivity index (χ1) is 16.3. The van der Waals surface area contributed by atoms with E-state index < -0.39 is 11.2 Å². The molecule has 1 aliphatic heterocycles. The zero-order valence-corrected chi connectivity index (χ0v) is 20.5. The van der Waals surface area contributed by atoms with Gasteiger partial charge in [0.1, 0.15) is 5.52 Å². The summed E-state index contributed by atoms with van der Waals surface area (Å²) in [6.07, 6.45) is 0.0671. The predicted octanol–water partition coefficient (Wildman–Crippen LogP) is 2.61. The van der Waals surface area contributed by atoms with Crippen LogP contribution in [0.2, 0.25) is 0 Å². The van der Waals surface area contributed by atoms with Crippen LogP contribution in [0, 0.1) is 5.92 Å². The van der Waals surface area contributed by atoms with Crippen molar-refractivity contribution in [3.63, 3.8) is 0 Å². The largest absolute Gasteiger partial charge is 0.431 e. The zero-order chi connectivity index (χ0) is 24.0. The van der Waals surface area contributed by atoms with E-state index in [0.29, 0.717) is 42.0 Å². The summed E-state index contributed by atoms with van der Waals surface area (Å²) in [5.41, 5.74) is 1.49. The number of fused-ring (bicyclic) bond motifs is 2. The molecule has 0 spiro atoms. The molecule has 1 fully saturated rings. The number of nitrogens with zero attached hydrogens (tertiary/aromatic N) is 5. The molecule has 180 valence electrons. The molecule has 1 aromatic carbocycles. The molecule has 11 heteroatoms. The minimum atomic E-state index is -0.475. The summed E-state index contributed by atoms with van der Waals surface area (Å²) in [7, 11) is 1.62. The first-order valence-corrected chi connectivity index (χ1v) is 12.4. The molecular formula is C23H28N6O4S. The van der Waals surface area contributed by atoms with Crippen molar-refractivity contribution in [1.82, 2.24) is 24.1 Å². The van der Waals surface area contributed by atoms with Crippen molar-refractivity contribution in [3.8, 4) is 0 Å². The first kappa shape index (κ1) is 22.7. The van der Waals surface area contributed by atoms with Crippen LogP contribution in [0.3, 0.4) is 0 Å². The minimum Gasteiger partial charge on any atom is -0.431 e. The van der Waals surface area contributed by atoms with E-state index in [1.54, 1.807) is 18.8 Å². The standard InChI is InChI=1S/C23H28N6O4S/c1-13(12-34-23-24-16-7-5-6-8-17(16)33-23)9-29-18-19(27(4)22(31)26-20(18)30)25-21(29)28-10-14(2)32-15(3)11-28/h5-8,13-15H,9-12H2,1-4H3,(H,26,30,31)/t13-,14-,15-/m1/s1. The number of imidazole rings is 1. The van der Waals surface area contributed by atoms with Crippen molar-refractivity contribution in [2.24, 2.45) is 13.0 Å². The Morgan fingerprint density at radius 1 is 1.18 bits per heavy atom. The second-order valence-electron chi connectivity index (χ2n) is 9.04. The topological polar surface area (TPSA) is 111 Å². The molecule has 1 N–H and O–H groups in total. The third kappa shape index (κ3) is 4.25. The van der Waals surface area contributed by atoms with E-state index in [0.717, 1.165) is 16.9 Å². The number of thioether (sulfide) groups is 1. The molecule has 1 saturated heterocycles. The zero-order valence-electron chi connectivity index (χ0n) is 19.6. The van der Waals surface area contributed by atoms with Crippen molar-refractivity contribution in [2.45, 2.75) is 44.7 Å². The molecule has 5 rings (SSSR count). The van der Waals surface area contributed by atoms with Gasteiger partial charge in [0.25, 0.3) is 10.8 Å². The van der Waals surface area contributed by atoms with Crippen LogP contribution in [0.25, 0.3) is 22.3 Å². The molecule has 4 heterocycles. The van der Waals surface area contributed by atoms with Crippen LogP contribution < -0.4 is 16.1 Å². The highest BCUT2D eigenvalue weighted by atomic mass is 32.2. The van der Waals surface area contributed by atoms with Crippen molar-refractivity contribution in [1.29, 1.82) is 0 Å². The second-order valence-corrected chi connectivity index (χ2v) is 10.0. The van der Waals surface area contributed by atoms with Gasteiger partial charge in [0.05, 0.1) is 12.2 Å². The molecule has 0 unspecified atom stereocenters. The summed E-state index contributed by atoms with van der Waals surface area (Å²) in [5, 5.41) is 0.625. The SMILES string of the molecule is C[C@@H](CSc1nc2ccccc2o1)Cn1c(N2C[C@@H](C)O[C@H](C)C2)nc2c1c(=O)[nH]c(=O)n2C. The van der Waals surface area contributed by atoms with E-state index in [-0.39, 0.29) is 18.1 Å². The lowest BCUT2D eigenvalue weighted by Crippen LogP contribution is -2.46. The first-order valence-electron chi connectivity index (χ1n) is 11.4. The minimum absolute atomic E-state index is 0.0336. The van der Waals surface area contributed by atoms with Gasteiger partial charge < -0.3 is 18.6 Å². The number of nitrogens with one attached hydrogen (secondary N) is 1. The summed E-state index contributed by atoms with van der Waals surface area (Å²) in [5.74, 6) is 1.59. The molecule has 10 nitrogen and oxygen atoms in total. The lowest BCUT2D eigenvalue weighted by Gasteiger charge is -2.36. The molecule has 0 bridgehead atoms. The van der Waals surface area contributed by atoms with E-state index in [1.165, 1.54) is 4.57 Å². The molecule has 0 radical (unpaired) electrons. The highest BCUT2D eigenvalue weighted by Gasteiger charge is 2.28. The number of aromatic amines is 1. The summed E-state index contributed by atoms with van der Waals surface area (Å²) in [6, 6.07) is 7.69. The quantitative estimate of drug-likeness (QED) is 0.416. The average Bonchev–Trinajstić information content (AvgIpc) is 3.37. The van der Waals surface area contributed by atoms with E-state index in [4.69, 9.17) is 14.1 Å². The highest BCUT2D eigenvalue weighted by molar-refractivity contribution is 7.99. The number of rotatable bonds is 6. The summed E-state index contributed by atoms with van der Waals surface area (Å²) in [6.45, 7) is 8.04. The van der Waals surface area contributed by atoms with Crippen molar-refractivity contribution < 1.29 is 9.15 Å². The van der Waals surface area contributed by atoms with Gasteiger partial charge in [0, 0.05) is 32.4 Å². The molecule has 34 heavy (non-hydrogen) atoms. The number of H-pyrrole nitrogens is 1. The summed E-state index contributed by atoms with van der Waals surface area (Å²) >= 11 is 1.55. The van der Waals surface area contributed by atoms with E-state index in [1.807, 2.05) is 42.7 Å². The van der Waals surface area contributed by atoms with Crippen LogP contribution in [0.15, 0.2) is 43.5 Å². The Morgan fingerprint density at radius 3 is 2.65 bits per heavy atom. The molecule has 1 aliphatic rings. The normalized spacial score (nSPS) is 19.8. The number of anilines is 1. The number of hydrogen-bond donors (Lipinski definition) is 1. The monoisotopic (exact) mass is 484 g/mol. The lowest BCUT2D eigenvalue weighted by molar-refractivity contribution is -0.00590. The maximum atomic E-state index is 12.9. The third-order valence-corrected chi connectivity index (χ3v) is 7.11. The van der Waals surface area contributed by atoms with Gasteiger partial charge in [0.15, 0.2) is 16.7 Å². The Bertz CT molecular complexity index is 1410. The van der Waals surface area contributed by atoms with Crippen LogP contribution >= 0.6 is 11.8 Å². The average molecular weight is 485 g/mol. The fraction of sp³-hybridized carbons (Fsp3) is 0.478. The summed E-state index contributed by atoms with van der Waals surface area (Å²) < 4.78 is 15.1. The molecule has 4 aromatic rings. The fourth-order valence-corrected chi connectivity index (χ4v) is 5.31. The molecule has 3 atom stereocenters. The van der Waals surface area contributed by atoms with Gasteiger partial charge in [-0.2, -0.15) is 4.98 Å². The maximum Gasteiger partial charge on any atom is 0.329 e. The van der Waals surface area contributed by atoms with Crippen LogP contribution in [-0.2, 0) is 18.3 Å². The lowest BCUT2D eigenvalue weighted by atomic mass is 10.2. The molecule has 0 amide bonds. The van der Waals surface area contributed by atoms with E-state index in [9.17, 15) is 9.59 Å². The smallest absolute Gasteiger partial charge is 0.329 e. The van der Waals surface area contributed by atoms with E-state index in [2.05, 4.69) is 21.8 Å². The number of para-hydroxylation sites is 2. The van der Waals surface area contributed by atoms with Gasteiger partial charge in [-0.05, 0) is 31.9 Å². The van der Waals surface area contributed by atoms with Gasteiger partial charge in [-0.15, -0.1) is 0 Å². The summed E-state index contributed by atoms with van der Waals surface area (Å²) in [4.78, 5) is 38.9. The number of hydrogen-bond acceptors (Lipinski definition) is 8. The highest BCUT2D eigenvalue weighted by Crippen LogP contribution is 2.28. The third-order valence-electron chi connectivity index (χ3n) is 5.95. The van der Waals surface area contributed by atoms with Gasteiger partial charge in [-0.3, -0.25) is 14.3 Å². The second kappa shape index (κ2) is 8.95. The van der Waals surface area contributed by atoms with Crippen LogP contribution in [-0.4, -0.2) is 55.1 Å². The van der Waals surface area contributed by atoms with Gasteiger partial charge in [-0.1, -0.05) is 30.8 Å². The van der Waals surface area contributed by atoms with Crippen molar-refractivity contribution in [3.05, 3.63) is 45.1 Å². The predicted molar refractivity (Wildman–Crippen MR) is 132 cm³/mol. The van der Waals surface area contributed by atoms with Crippen LogP contribution in [0.1, 0.15) is 20.8 Å². The van der Waals surface area contributed by atoms with Crippen LogP contribution in [0.4, 0.5) is 5.95 Å². The number of oxazole rings is 1. The Labute approximate surface area is 199 Å². The molecular weight excluding hydrogens is 456 g/mol. The van der Waals surface area contributed by atoms with Gasteiger partial charge in [-0.25, -0.2) is 9.78 Å². The fourth-order valence-electron chi connectivity index (χ4n) is 4.47. The van der Waals surface area contributed by atoms with Gasteiger partial charge >= 0.3 is 5.69 Å². The molecule has 0 saturated carbocycles. The molecule has 3 aromatic heterocycles. The Hall–Kier alpha value is -3.05. The number of aromatic nitrogens is 5. The number of ether oxygens (including phenoxy) is 1. The Balaban J connectivity index is 1.46. The number of aryl methyl sites for hydroxylation is 1. The maximum absolute atomic E-state index is 12.9. The number of benzene rings is 1. The van der Waals surface area contributed by atoms with E-state index >= 15 is 0 Å². The number of morpholine rings is 1. The Kier molecular flexibility index (Phi) is 5.98. The van der Waals surface area contributed by atoms with Gasteiger partial charge in [0.2, 0.25) is 5.95 Å². The molecule has 0 aliphatic carbocycles. The van der Waals surface area contributed by atoms with Crippen molar-refractivity contribution >= 4 is 40.0 Å². The van der Waals surface area contributed by atoms with Crippen molar-refractivity contribution in [2.75, 3.05) is 23.7 Å². The van der Waals surface area contributed by atoms with Crippen LogP contribution in [0.5, 0.6) is 0 Å².